The molecule has 0 saturated heterocycles. The lowest BCUT2D eigenvalue weighted by atomic mass is 10.2. The minimum absolute atomic E-state index is 0.897. The molecular formula is C15H13N3S. The molecule has 19 heavy (non-hydrogen) atoms. The van der Waals surface area contributed by atoms with Gasteiger partial charge in [0.05, 0.1) is 17.2 Å². The van der Waals surface area contributed by atoms with Crippen molar-refractivity contribution in [3.05, 3.63) is 60.2 Å². The van der Waals surface area contributed by atoms with Gasteiger partial charge in [-0.3, -0.25) is 0 Å². The van der Waals surface area contributed by atoms with E-state index in [1.165, 1.54) is 0 Å². The first-order valence-corrected chi connectivity index (χ1v) is 7.22. The Hall–Kier alpha value is -2.07. The molecule has 0 saturated carbocycles. The Morgan fingerprint density at radius 2 is 1.79 bits per heavy atom. The van der Waals surface area contributed by atoms with Gasteiger partial charge in [-0.05, 0) is 24.0 Å². The van der Waals surface area contributed by atoms with E-state index in [0.29, 0.717) is 0 Å². The zero-order valence-electron chi connectivity index (χ0n) is 10.5. The summed E-state index contributed by atoms with van der Waals surface area (Å²) in [6.45, 7) is 0. The van der Waals surface area contributed by atoms with Crippen LogP contribution in [0.1, 0.15) is 5.56 Å². The first-order valence-electron chi connectivity index (χ1n) is 5.99. The number of imidazole rings is 1. The van der Waals surface area contributed by atoms with Crippen LogP contribution in [-0.4, -0.2) is 22.1 Å². The van der Waals surface area contributed by atoms with Gasteiger partial charge in [-0.15, -0.1) is 0 Å². The molecule has 0 radical (unpaired) electrons. The maximum absolute atomic E-state index is 4.56. The lowest BCUT2D eigenvalue weighted by molar-refractivity contribution is 0.794. The minimum atomic E-state index is 0.897. The molecule has 3 aromatic rings. The van der Waals surface area contributed by atoms with Crippen LogP contribution in [0, 0.1) is 0 Å². The molecule has 0 N–H and O–H groups in total. The smallest absolute Gasteiger partial charge is 0.189 e. The van der Waals surface area contributed by atoms with Crippen molar-refractivity contribution < 1.29 is 0 Å². The Morgan fingerprint density at radius 1 is 1.05 bits per heavy atom. The van der Waals surface area contributed by atoms with Gasteiger partial charge in [0, 0.05) is 0 Å². The summed E-state index contributed by atoms with van der Waals surface area (Å²) < 4.78 is 1.88. The number of para-hydroxylation sites is 2. The second-order valence-corrected chi connectivity index (χ2v) is 4.83. The first kappa shape index (κ1) is 12.0. The van der Waals surface area contributed by atoms with Crippen molar-refractivity contribution in [2.75, 3.05) is 6.26 Å². The summed E-state index contributed by atoms with van der Waals surface area (Å²) in [7, 11) is 0. The third kappa shape index (κ3) is 2.39. The van der Waals surface area contributed by atoms with Crippen LogP contribution in [0.5, 0.6) is 0 Å². The number of rotatable bonds is 3. The molecule has 1 aromatic heterocycles. The van der Waals surface area contributed by atoms with Crippen molar-refractivity contribution in [1.82, 2.24) is 9.66 Å². The molecule has 0 unspecified atom stereocenters. The van der Waals surface area contributed by atoms with Crippen molar-refractivity contribution in [2.45, 2.75) is 5.16 Å². The van der Waals surface area contributed by atoms with Gasteiger partial charge in [0.1, 0.15) is 0 Å². The fraction of sp³-hybridized carbons (Fsp3) is 0.0667. The molecule has 0 aliphatic heterocycles. The zero-order chi connectivity index (χ0) is 13.1. The van der Waals surface area contributed by atoms with Gasteiger partial charge in [-0.1, -0.05) is 54.2 Å². The number of aromatic nitrogens is 2. The van der Waals surface area contributed by atoms with Crippen molar-refractivity contribution in [1.29, 1.82) is 0 Å². The molecule has 0 aliphatic rings. The van der Waals surface area contributed by atoms with Crippen molar-refractivity contribution >= 4 is 29.0 Å². The Bertz CT molecular complexity index is 717. The largest absolute Gasteiger partial charge is 0.221 e. The first-order chi connectivity index (χ1) is 9.38. The number of nitrogens with zero attached hydrogens (tertiary/aromatic N) is 3. The van der Waals surface area contributed by atoms with Crippen molar-refractivity contribution in [3.63, 3.8) is 0 Å². The third-order valence-electron chi connectivity index (χ3n) is 2.81. The third-order valence-corrected chi connectivity index (χ3v) is 3.44. The summed E-state index contributed by atoms with van der Waals surface area (Å²) in [5, 5.41) is 5.44. The number of fused-ring (bicyclic) bond motifs is 1. The molecule has 0 amide bonds. The molecule has 0 atom stereocenters. The van der Waals surface area contributed by atoms with Crippen LogP contribution < -0.4 is 0 Å². The average Bonchev–Trinajstić information content (AvgIpc) is 2.84. The maximum atomic E-state index is 4.56. The molecule has 0 aliphatic carbocycles. The van der Waals surface area contributed by atoms with Crippen LogP contribution in [0.3, 0.4) is 0 Å². The second-order valence-electron chi connectivity index (χ2n) is 4.05. The molecule has 94 valence electrons. The second kappa shape index (κ2) is 5.28. The molecule has 0 spiro atoms. The zero-order valence-corrected chi connectivity index (χ0v) is 11.3. The number of hydrogen-bond acceptors (Lipinski definition) is 3. The summed E-state index contributed by atoms with van der Waals surface area (Å²) >= 11 is 1.59. The Labute approximate surface area is 116 Å². The van der Waals surface area contributed by atoms with Gasteiger partial charge in [-0.2, -0.15) is 5.10 Å². The summed E-state index contributed by atoms with van der Waals surface area (Å²) in [6, 6.07) is 18.1. The lowest BCUT2D eigenvalue weighted by Gasteiger charge is -1.99. The van der Waals surface area contributed by atoms with E-state index in [9.17, 15) is 0 Å². The van der Waals surface area contributed by atoms with Crippen molar-refractivity contribution in [2.24, 2.45) is 5.10 Å². The van der Waals surface area contributed by atoms with Crippen LogP contribution in [0.2, 0.25) is 0 Å². The fourth-order valence-corrected chi connectivity index (χ4v) is 2.41. The van der Waals surface area contributed by atoms with Crippen LogP contribution in [-0.2, 0) is 0 Å². The monoisotopic (exact) mass is 267 g/mol. The van der Waals surface area contributed by atoms with E-state index in [0.717, 1.165) is 21.8 Å². The normalized spacial score (nSPS) is 11.4. The molecule has 0 fully saturated rings. The summed E-state index contributed by atoms with van der Waals surface area (Å²) in [5.41, 5.74) is 3.07. The highest BCUT2D eigenvalue weighted by Crippen LogP contribution is 2.21. The molecule has 3 nitrogen and oxygen atoms in total. The molecule has 1 heterocycles. The quantitative estimate of drug-likeness (QED) is 0.535. The highest BCUT2D eigenvalue weighted by molar-refractivity contribution is 7.98. The molecule has 4 heteroatoms. The van der Waals surface area contributed by atoms with Gasteiger partial charge in [0.2, 0.25) is 0 Å². The van der Waals surface area contributed by atoms with Gasteiger partial charge in [0.25, 0.3) is 0 Å². The van der Waals surface area contributed by atoms with E-state index in [1.54, 1.807) is 11.8 Å². The van der Waals surface area contributed by atoms with E-state index < -0.39 is 0 Å². The van der Waals surface area contributed by atoms with E-state index >= 15 is 0 Å². The Balaban J connectivity index is 2.07. The summed E-state index contributed by atoms with van der Waals surface area (Å²) in [5.74, 6) is 0. The number of thioether (sulfide) groups is 1. The Morgan fingerprint density at radius 3 is 2.58 bits per heavy atom. The van der Waals surface area contributed by atoms with Crippen LogP contribution in [0.15, 0.2) is 64.9 Å². The van der Waals surface area contributed by atoms with E-state index in [4.69, 9.17) is 0 Å². The predicted molar refractivity (Wildman–Crippen MR) is 80.9 cm³/mol. The van der Waals surface area contributed by atoms with Crippen LogP contribution in [0.4, 0.5) is 0 Å². The molecule has 2 aromatic carbocycles. The summed E-state index contributed by atoms with van der Waals surface area (Å²) in [6.07, 6.45) is 3.86. The minimum Gasteiger partial charge on any atom is -0.221 e. The standard InChI is InChI=1S/C15H13N3S/c1-19-15-17-13-9-5-6-10-14(13)18(15)16-11-12-7-3-2-4-8-12/h2-11H,1H3. The van der Waals surface area contributed by atoms with Crippen LogP contribution >= 0.6 is 11.8 Å². The average molecular weight is 267 g/mol. The predicted octanol–water partition coefficient (Wildman–Crippen LogP) is 3.64. The van der Waals surface area contributed by atoms with Gasteiger partial charge >= 0.3 is 0 Å². The fourth-order valence-electron chi connectivity index (χ4n) is 1.90. The van der Waals surface area contributed by atoms with E-state index in [1.807, 2.05) is 71.7 Å². The molecular weight excluding hydrogens is 254 g/mol. The van der Waals surface area contributed by atoms with E-state index in [2.05, 4.69) is 10.1 Å². The number of hydrogen-bond donors (Lipinski definition) is 0. The maximum Gasteiger partial charge on any atom is 0.189 e. The topological polar surface area (TPSA) is 30.2 Å². The Kier molecular flexibility index (Phi) is 3.33. The van der Waals surface area contributed by atoms with Gasteiger partial charge in [0.15, 0.2) is 5.16 Å². The lowest BCUT2D eigenvalue weighted by Crippen LogP contribution is -1.92. The van der Waals surface area contributed by atoms with E-state index in [-0.39, 0.29) is 0 Å². The van der Waals surface area contributed by atoms with Gasteiger partial charge in [-0.25, -0.2) is 9.66 Å². The number of benzene rings is 2. The van der Waals surface area contributed by atoms with Crippen LogP contribution in [0.25, 0.3) is 11.0 Å². The molecule has 0 bridgehead atoms. The highest BCUT2D eigenvalue weighted by Gasteiger charge is 2.07. The molecule has 3 rings (SSSR count). The van der Waals surface area contributed by atoms with Gasteiger partial charge < -0.3 is 0 Å². The SMILES string of the molecule is CSc1nc2ccccc2n1N=Cc1ccccc1. The van der Waals surface area contributed by atoms with Crippen molar-refractivity contribution in [3.8, 4) is 0 Å². The highest BCUT2D eigenvalue weighted by atomic mass is 32.2. The summed E-state index contributed by atoms with van der Waals surface area (Å²) in [4.78, 5) is 4.56.